The molecule has 1 aliphatic heterocycles. The van der Waals surface area contributed by atoms with Gasteiger partial charge in [0.25, 0.3) is 0 Å². The molecule has 0 amide bonds. The summed E-state index contributed by atoms with van der Waals surface area (Å²) in [4.78, 5) is 19.1. The van der Waals surface area contributed by atoms with E-state index >= 15 is 0 Å². The number of nitrogens with two attached hydrogens (primary N) is 1. The molecule has 12 heteroatoms. The number of anilines is 1. The molecule has 1 aliphatic carbocycles. The van der Waals surface area contributed by atoms with E-state index in [0.717, 1.165) is 24.0 Å². The summed E-state index contributed by atoms with van der Waals surface area (Å²) in [6, 6.07) is 12.6. The van der Waals surface area contributed by atoms with Crippen molar-refractivity contribution in [2.45, 2.75) is 37.9 Å². The highest BCUT2D eigenvalue weighted by molar-refractivity contribution is 7.84. The summed E-state index contributed by atoms with van der Waals surface area (Å²) in [6.45, 7) is 1.93. The summed E-state index contributed by atoms with van der Waals surface area (Å²) in [6.07, 6.45) is 3.36. The zero-order valence-electron chi connectivity index (χ0n) is 20.1. The van der Waals surface area contributed by atoms with Gasteiger partial charge in [0.15, 0.2) is 5.65 Å². The van der Waals surface area contributed by atoms with Crippen molar-refractivity contribution in [3.8, 4) is 17.3 Å². The number of aromatic nitrogens is 4. The fourth-order valence-corrected chi connectivity index (χ4v) is 5.78. The average molecular weight is 525 g/mol. The number of rotatable bonds is 7. The van der Waals surface area contributed by atoms with Gasteiger partial charge < -0.3 is 19.7 Å². The van der Waals surface area contributed by atoms with Crippen LogP contribution in [0.3, 0.4) is 0 Å². The molecule has 0 unspecified atom stereocenters. The summed E-state index contributed by atoms with van der Waals surface area (Å²) in [5.74, 6) is 0.570. The highest BCUT2D eigenvalue weighted by Gasteiger charge is 2.36. The first-order valence-corrected chi connectivity index (χ1v) is 13.8. The zero-order valence-corrected chi connectivity index (χ0v) is 20.9. The van der Waals surface area contributed by atoms with Gasteiger partial charge in [-0.2, -0.15) is 13.4 Å². The van der Waals surface area contributed by atoms with Crippen molar-refractivity contribution in [2.75, 3.05) is 24.6 Å². The summed E-state index contributed by atoms with van der Waals surface area (Å²) >= 11 is 0. The Kier molecular flexibility index (Phi) is 6.19. The van der Waals surface area contributed by atoms with Crippen LogP contribution < -0.4 is 14.8 Å². The molecule has 1 saturated carbocycles. The lowest BCUT2D eigenvalue weighted by molar-refractivity contribution is 0.0986. The van der Waals surface area contributed by atoms with Gasteiger partial charge in [0.05, 0.1) is 12.7 Å². The van der Waals surface area contributed by atoms with E-state index in [-0.39, 0.29) is 12.7 Å². The number of H-pyrrole nitrogens is 1. The maximum Gasteiger partial charge on any atom is 0.333 e. The first-order valence-electron chi connectivity index (χ1n) is 12.4. The number of fused-ring (bicyclic) bond motifs is 2. The maximum absolute atomic E-state index is 11.1. The molecule has 0 radical (unpaired) electrons. The van der Waals surface area contributed by atoms with Crippen molar-refractivity contribution >= 4 is 37.9 Å². The molecular weight excluding hydrogens is 496 g/mol. The zero-order chi connectivity index (χ0) is 25.6. The Bertz CT molecular complexity index is 1550. The highest BCUT2D eigenvalue weighted by Crippen LogP contribution is 2.37. The minimum absolute atomic E-state index is 0.201. The van der Waals surface area contributed by atoms with Crippen LogP contribution in [0.25, 0.3) is 33.3 Å². The van der Waals surface area contributed by atoms with Crippen LogP contribution in [-0.2, 0) is 14.5 Å². The molecular formula is C25H28N6O5S. The van der Waals surface area contributed by atoms with Gasteiger partial charge >= 0.3 is 10.3 Å². The normalized spacial score (nSPS) is 22.3. The molecule has 6 rings (SSSR count). The number of hydrogen-bond acceptors (Lipinski definition) is 9. The Balaban J connectivity index is 1.29. The van der Waals surface area contributed by atoms with Gasteiger partial charge in [-0.15, -0.1) is 0 Å². The van der Waals surface area contributed by atoms with Crippen molar-refractivity contribution in [1.29, 1.82) is 0 Å². The second-order valence-corrected chi connectivity index (χ2v) is 10.9. The van der Waals surface area contributed by atoms with Gasteiger partial charge in [0.2, 0.25) is 5.88 Å². The molecule has 3 heterocycles. The topological polar surface area (TPSA) is 157 Å². The van der Waals surface area contributed by atoms with Gasteiger partial charge in [-0.1, -0.05) is 24.3 Å². The number of nitrogens with zero attached hydrogens (tertiary/aromatic N) is 4. The fraction of sp³-hybridized carbons (Fsp3) is 0.400. The SMILES string of the molecule is NS(=O)(=O)OC[C@@H]1C[C@@H](Oc2ncnc3nc(-c4ccc(N5CCCC5)c5ccccc45)[nH]c23)C[C@@H]1O. The van der Waals surface area contributed by atoms with Crippen LogP contribution in [0.2, 0.25) is 0 Å². The largest absolute Gasteiger partial charge is 0.473 e. The molecule has 1 saturated heterocycles. The Morgan fingerprint density at radius 3 is 2.65 bits per heavy atom. The standard InChI is InChI=1S/C25H28N6O5S/c26-37(33,34)35-13-15-11-16(12-21(15)32)36-25-22-24(27-14-28-25)30-23(29-22)19-7-8-20(31-9-3-4-10-31)18-6-2-1-5-17(18)19/h1-2,5-8,14-16,21,32H,3-4,9-13H2,(H2,26,33,34)(H,27,28,29,30)/t15-,16+,21-/m0/s1. The van der Waals surface area contributed by atoms with Crippen LogP contribution >= 0.6 is 0 Å². The van der Waals surface area contributed by atoms with E-state index in [1.54, 1.807) is 0 Å². The van der Waals surface area contributed by atoms with E-state index in [1.807, 2.05) is 6.07 Å². The van der Waals surface area contributed by atoms with Gasteiger partial charge in [0.1, 0.15) is 23.8 Å². The second-order valence-electron chi connectivity index (χ2n) is 9.65. The first-order chi connectivity index (χ1) is 17.9. The highest BCUT2D eigenvalue weighted by atomic mass is 32.2. The maximum atomic E-state index is 11.1. The summed E-state index contributed by atoms with van der Waals surface area (Å²) < 4.78 is 33.0. The summed E-state index contributed by atoms with van der Waals surface area (Å²) in [5, 5.41) is 17.5. The first kappa shape index (κ1) is 24.0. The van der Waals surface area contributed by atoms with Crippen LogP contribution in [0.15, 0.2) is 42.7 Å². The molecule has 11 nitrogen and oxygen atoms in total. The molecule has 2 aromatic carbocycles. The van der Waals surface area contributed by atoms with E-state index in [0.29, 0.717) is 35.7 Å². The second kappa shape index (κ2) is 9.53. The third kappa shape index (κ3) is 4.85. The number of ether oxygens (including phenoxy) is 1. The number of nitrogens with one attached hydrogen (secondary N) is 1. The minimum atomic E-state index is -4.08. The van der Waals surface area contributed by atoms with Gasteiger partial charge in [0, 0.05) is 42.1 Å². The number of imidazole rings is 1. The lowest BCUT2D eigenvalue weighted by Gasteiger charge is -2.20. The molecule has 194 valence electrons. The van der Waals surface area contributed by atoms with Crippen molar-refractivity contribution in [1.82, 2.24) is 19.9 Å². The van der Waals surface area contributed by atoms with Gasteiger partial charge in [-0.05, 0) is 36.8 Å². The lowest BCUT2D eigenvalue weighted by Crippen LogP contribution is -2.24. The van der Waals surface area contributed by atoms with Crippen molar-refractivity contribution in [3.05, 3.63) is 42.7 Å². The van der Waals surface area contributed by atoms with Gasteiger partial charge in [-0.3, -0.25) is 4.18 Å². The van der Waals surface area contributed by atoms with E-state index in [2.05, 4.69) is 54.4 Å². The Labute approximate surface area is 213 Å². The van der Waals surface area contributed by atoms with Crippen molar-refractivity contribution in [2.24, 2.45) is 11.1 Å². The predicted octanol–water partition coefficient (Wildman–Crippen LogP) is 2.51. The Hall–Kier alpha value is -3.32. The van der Waals surface area contributed by atoms with Crippen LogP contribution in [0.1, 0.15) is 25.7 Å². The fourth-order valence-electron chi connectivity index (χ4n) is 5.42. The average Bonchev–Trinajstić information content (AvgIpc) is 3.62. The quantitative estimate of drug-likeness (QED) is 0.330. The number of hydrogen-bond donors (Lipinski definition) is 3. The number of benzene rings is 2. The smallest absolute Gasteiger partial charge is 0.333 e. The molecule has 37 heavy (non-hydrogen) atoms. The molecule has 2 aliphatic rings. The van der Waals surface area contributed by atoms with Crippen LogP contribution in [0, 0.1) is 5.92 Å². The third-order valence-electron chi connectivity index (χ3n) is 7.20. The monoisotopic (exact) mass is 524 g/mol. The Morgan fingerprint density at radius 1 is 1.08 bits per heavy atom. The van der Waals surface area contributed by atoms with E-state index in [1.165, 1.54) is 30.2 Å². The number of aromatic amines is 1. The molecule has 2 aromatic heterocycles. The molecule has 0 spiro atoms. The van der Waals surface area contributed by atoms with E-state index in [9.17, 15) is 13.5 Å². The van der Waals surface area contributed by atoms with Crippen LogP contribution in [0.5, 0.6) is 5.88 Å². The van der Waals surface area contributed by atoms with Crippen LogP contribution in [0.4, 0.5) is 5.69 Å². The minimum Gasteiger partial charge on any atom is -0.473 e. The van der Waals surface area contributed by atoms with Crippen molar-refractivity contribution in [3.63, 3.8) is 0 Å². The predicted molar refractivity (Wildman–Crippen MR) is 138 cm³/mol. The number of aliphatic hydroxyl groups is 1. The third-order valence-corrected chi connectivity index (χ3v) is 7.66. The molecule has 4 aromatic rings. The number of aliphatic hydroxyl groups excluding tert-OH is 1. The van der Waals surface area contributed by atoms with E-state index in [4.69, 9.17) is 14.9 Å². The van der Waals surface area contributed by atoms with Gasteiger partial charge in [-0.25, -0.2) is 15.1 Å². The Morgan fingerprint density at radius 2 is 1.86 bits per heavy atom. The molecule has 0 bridgehead atoms. The lowest BCUT2D eigenvalue weighted by atomic mass is 10.0. The van der Waals surface area contributed by atoms with Crippen molar-refractivity contribution < 1.29 is 22.4 Å². The molecule has 4 N–H and O–H groups in total. The molecule has 3 atom stereocenters. The molecule has 2 fully saturated rings. The summed E-state index contributed by atoms with van der Waals surface area (Å²) in [5.41, 5.74) is 3.22. The summed E-state index contributed by atoms with van der Waals surface area (Å²) in [7, 11) is -4.08. The van der Waals surface area contributed by atoms with Crippen LogP contribution in [-0.4, -0.2) is 65.4 Å². The van der Waals surface area contributed by atoms with E-state index < -0.39 is 22.3 Å².